The first-order chi connectivity index (χ1) is 10.6. The molecule has 0 spiro atoms. The predicted octanol–water partition coefficient (Wildman–Crippen LogP) is 0.913. The smallest absolute Gasteiger partial charge is 0.222 e. The van der Waals surface area contributed by atoms with Crippen molar-refractivity contribution < 1.29 is 4.79 Å². The maximum absolute atomic E-state index is 11.6. The molecule has 6 nitrogen and oxygen atoms in total. The Balaban J connectivity index is 1.56. The minimum absolute atomic E-state index is 0.326. The molecule has 1 amide bonds. The molecule has 2 aliphatic rings. The fraction of sp³-hybridized carbons (Fsp3) is 0.688. The van der Waals surface area contributed by atoms with E-state index in [1.165, 1.54) is 11.3 Å². The Hall–Kier alpha value is -1.69. The molecule has 1 saturated heterocycles. The molecule has 0 atom stereocenters. The number of carbonyl (C=O) groups is 1. The molecule has 0 radical (unpaired) electrons. The highest BCUT2D eigenvalue weighted by Crippen LogP contribution is 2.24. The molecule has 1 aromatic rings. The van der Waals surface area contributed by atoms with Crippen LogP contribution in [0.15, 0.2) is 6.33 Å². The lowest BCUT2D eigenvalue weighted by atomic mass is 10.1. The normalized spacial score (nSPS) is 18.6. The zero-order valence-corrected chi connectivity index (χ0v) is 13.6. The molecule has 0 aliphatic carbocycles. The molecular weight excluding hydrogens is 278 g/mol. The maximum atomic E-state index is 11.6. The van der Waals surface area contributed by atoms with Gasteiger partial charge in [0.25, 0.3) is 0 Å². The second-order valence-corrected chi connectivity index (χ2v) is 6.38. The van der Waals surface area contributed by atoms with Crippen molar-refractivity contribution in [2.24, 2.45) is 0 Å². The van der Waals surface area contributed by atoms with E-state index in [4.69, 9.17) is 0 Å². The number of fused-ring (bicyclic) bond motifs is 1. The van der Waals surface area contributed by atoms with Gasteiger partial charge in [0.05, 0.1) is 5.69 Å². The summed E-state index contributed by atoms with van der Waals surface area (Å²) >= 11 is 0. The molecule has 1 aromatic heterocycles. The Bertz CT molecular complexity index is 545. The quantitative estimate of drug-likeness (QED) is 0.809. The summed E-state index contributed by atoms with van der Waals surface area (Å²) in [7, 11) is 4.06. The number of likely N-dealkylation sites (tertiary alicyclic amines) is 1. The second kappa shape index (κ2) is 6.60. The monoisotopic (exact) mass is 303 g/mol. The molecule has 0 unspecified atom stereocenters. The van der Waals surface area contributed by atoms with Gasteiger partial charge in [-0.2, -0.15) is 0 Å². The standard InChI is InChI=1S/C16H25N5O/c1-19(2)16-13-11-20(10-6-14(13)17-12-18-16)7-4-9-21-8-3-5-15(21)22/h12H,3-11H2,1-2H3. The van der Waals surface area contributed by atoms with Crippen molar-refractivity contribution in [1.82, 2.24) is 19.8 Å². The van der Waals surface area contributed by atoms with Gasteiger partial charge in [-0.25, -0.2) is 9.97 Å². The van der Waals surface area contributed by atoms with E-state index in [1.807, 2.05) is 19.0 Å². The van der Waals surface area contributed by atoms with E-state index in [2.05, 4.69) is 19.8 Å². The fourth-order valence-corrected chi connectivity index (χ4v) is 3.38. The summed E-state index contributed by atoms with van der Waals surface area (Å²) < 4.78 is 0. The largest absolute Gasteiger partial charge is 0.362 e. The first-order valence-electron chi connectivity index (χ1n) is 8.15. The van der Waals surface area contributed by atoms with Crippen LogP contribution in [0.2, 0.25) is 0 Å². The number of hydrogen-bond acceptors (Lipinski definition) is 5. The van der Waals surface area contributed by atoms with Crippen LogP contribution < -0.4 is 4.90 Å². The summed E-state index contributed by atoms with van der Waals surface area (Å²) in [5, 5.41) is 0. The van der Waals surface area contributed by atoms with Gasteiger partial charge in [-0.3, -0.25) is 9.69 Å². The summed E-state index contributed by atoms with van der Waals surface area (Å²) in [6.45, 7) is 4.84. The SMILES string of the molecule is CN(C)c1ncnc2c1CN(CCCN1CCCC1=O)CC2. The van der Waals surface area contributed by atoms with Gasteiger partial charge >= 0.3 is 0 Å². The highest BCUT2D eigenvalue weighted by atomic mass is 16.2. The van der Waals surface area contributed by atoms with Crippen molar-refractivity contribution >= 4 is 11.7 Å². The zero-order valence-electron chi connectivity index (χ0n) is 13.6. The van der Waals surface area contributed by atoms with E-state index >= 15 is 0 Å². The highest BCUT2D eigenvalue weighted by Gasteiger charge is 2.23. The third kappa shape index (κ3) is 3.21. The van der Waals surface area contributed by atoms with Gasteiger partial charge in [0, 0.05) is 65.2 Å². The lowest BCUT2D eigenvalue weighted by Crippen LogP contribution is -2.35. The minimum Gasteiger partial charge on any atom is -0.362 e. The molecule has 3 heterocycles. The molecular formula is C16H25N5O. The molecule has 120 valence electrons. The molecule has 2 aliphatic heterocycles. The van der Waals surface area contributed by atoms with E-state index in [0.29, 0.717) is 5.91 Å². The average molecular weight is 303 g/mol. The zero-order chi connectivity index (χ0) is 15.5. The molecule has 3 rings (SSSR count). The van der Waals surface area contributed by atoms with Crippen molar-refractivity contribution in [2.45, 2.75) is 32.2 Å². The van der Waals surface area contributed by atoms with Gasteiger partial charge in [0.15, 0.2) is 0 Å². The number of amides is 1. The number of carbonyl (C=O) groups excluding carboxylic acids is 1. The highest BCUT2D eigenvalue weighted by molar-refractivity contribution is 5.77. The molecule has 0 aromatic carbocycles. The van der Waals surface area contributed by atoms with Crippen LogP contribution in [0.3, 0.4) is 0 Å². The van der Waals surface area contributed by atoms with Gasteiger partial charge in [-0.15, -0.1) is 0 Å². The van der Waals surface area contributed by atoms with Gasteiger partial charge < -0.3 is 9.80 Å². The topological polar surface area (TPSA) is 52.6 Å². The third-order valence-electron chi connectivity index (χ3n) is 4.56. The van der Waals surface area contributed by atoms with E-state index in [-0.39, 0.29) is 0 Å². The van der Waals surface area contributed by atoms with Gasteiger partial charge in [-0.05, 0) is 12.8 Å². The minimum atomic E-state index is 0.326. The van der Waals surface area contributed by atoms with Crippen LogP contribution in [0.1, 0.15) is 30.5 Å². The van der Waals surface area contributed by atoms with Crippen LogP contribution in [-0.2, 0) is 17.8 Å². The summed E-state index contributed by atoms with van der Waals surface area (Å²) in [6.07, 6.45) is 5.47. The molecule has 6 heteroatoms. The van der Waals surface area contributed by atoms with E-state index in [9.17, 15) is 4.79 Å². The van der Waals surface area contributed by atoms with Gasteiger partial charge in [0.1, 0.15) is 12.1 Å². The van der Waals surface area contributed by atoms with Crippen LogP contribution in [-0.4, -0.2) is 65.9 Å². The average Bonchev–Trinajstić information content (AvgIpc) is 2.92. The van der Waals surface area contributed by atoms with Gasteiger partial charge in [0.2, 0.25) is 5.91 Å². The van der Waals surface area contributed by atoms with E-state index in [1.54, 1.807) is 6.33 Å². The molecule has 0 saturated carbocycles. The molecule has 22 heavy (non-hydrogen) atoms. The summed E-state index contributed by atoms with van der Waals surface area (Å²) in [4.78, 5) is 27.0. The second-order valence-electron chi connectivity index (χ2n) is 6.38. The predicted molar refractivity (Wildman–Crippen MR) is 85.8 cm³/mol. The number of aromatic nitrogens is 2. The number of nitrogens with zero attached hydrogens (tertiary/aromatic N) is 5. The van der Waals surface area contributed by atoms with Crippen molar-refractivity contribution in [2.75, 3.05) is 45.2 Å². The lowest BCUT2D eigenvalue weighted by molar-refractivity contribution is -0.127. The fourth-order valence-electron chi connectivity index (χ4n) is 3.38. The lowest BCUT2D eigenvalue weighted by Gasteiger charge is -2.30. The van der Waals surface area contributed by atoms with Crippen LogP contribution in [0.5, 0.6) is 0 Å². The van der Waals surface area contributed by atoms with Crippen LogP contribution in [0, 0.1) is 0 Å². The third-order valence-corrected chi connectivity index (χ3v) is 4.56. The molecule has 0 bridgehead atoms. The van der Waals surface area contributed by atoms with Crippen LogP contribution in [0.25, 0.3) is 0 Å². The van der Waals surface area contributed by atoms with Gasteiger partial charge in [-0.1, -0.05) is 0 Å². The van der Waals surface area contributed by atoms with E-state index < -0.39 is 0 Å². The first kappa shape index (κ1) is 15.2. The Kier molecular flexibility index (Phi) is 4.57. The van der Waals surface area contributed by atoms with Crippen molar-refractivity contribution in [3.63, 3.8) is 0 Å². The summed E-state index contributed by atoms with van der Waals surface area (Å²) in [6, 6.07) is 0. The van der Waals surface area contributed by atoms with Crippen molar-refractivity contribution in [3.8, 4) is 0 Å². The number of anilines is 1. The van der Waals surface area contributed by atoms with Crippen LogP contribution in [0.4, 0.5) is 5.82 Å². The Labute approximate surface area is 132 Å². The van der Waals surface area contributed by atoms with E-state index in [0.717, 1.165) is 64.2 Å². The summed E-state index contributed by atoms with van der Waals surface area (Å²) in [5.41, 5.74) is 2.45. The Morgan fingerprint density at radius 2 is 2.05 bits per heavy atom. The molecule has 1 fully saturated rings. The Morgan fingerprint density at radius 1 is 1.18 bits per heavy atom. The summed E-state index contributed by atoms with van der Waals surface area (Å²) in [5.74, 6) is 1.36. The molecule has 0 N–H and O–H groups in total. The van der Waals surface area contributed by atoms with Crippen molar-refractivity contribution in [3.05, 3.63) is 17.6 Å². The van der Waals surface area contributed by atoms with Crippen molar-refractivity contribution in [1.29, 1.82) is 0 Å². The number of rotatable bonds is 5. The Morgan fingerprint density at radius 3 is 2.77 bits per heavy atom. The first-order valence-corrected chi connectivity index (χ1v) is 8.15. The van der Waals surface area contributed by atoms with Crippen LogP contribution >= 0.6 is 0 Å². The number of hydrogen-bond donors (Lipinski definition) is 0. The maximum Gasteiger partial charge on any atom is 0.222 e.